The number of benzene rings is 2. The Morgan fingerprint density at radius 2 is 1.86 bits per heavy atom. The van der Waals surface area contributed by atoms with Crippen molar-refractivity contribution in [2.24, 2.45) is 4.99 Å². The van der Waals surface area contributed by atoms with E-state index in [0.29, 0.717) is 65.9 Å². The number of nitrogens with one attached hydrogen (secondary N) is 1. The first kappa shape index (κ1) is 23.7. The molecule has 5 rings (SSSR count). The fraction of sp³-hybridized carbons (Fsp3) is 0.321. The fourth-order valence-corrected chi connectivity index (χ4v) is 4.72. The summed E-state index contributed by atoms with van der Waals surface area (Å²) in [5.74, 6) is 0.361. The summed E-state index contributed by atoms with van der Waals surface area (Å²) >= 11 is 0. The third kappa shape index (κ3) is 4.84. The molecule has 2 aromatic carbocycles. The van der Waals surface area contributed by atoms with Gasteiger partial charge in [-0.15, -0.1) is 0 Å². The Morgan fingerprint density at radius 1 is 1.11 bits per heavy atom. The van der Waals surface area contributed by atoms with Crippen molar-refractivity contribution in [3.8, 4) is 5.88 Å². The molecule has 1 saturated heterocycles. The minimum atomic E-state index is -0.521. The van der Waals surface area contributed by atoms with Crippen molar-refractivity contribution in [3.05, 3.63) is 77.2 Å². The molecule has 2 aliphatic rings. The lowest BCUT2D eigenvalue weighted by atomic mass is 10.0. The van der Waals surface area contributed by atoms with Crippen LogP contribution in [0.5, 0.6) is 5.88 Å². The van der Waals surface area contributed by atoms with Crippen molar-refractivity contribution in [2.75, 3.05) is 13.1 Å². The van der Waals surface area contributed by atoms with Crippen molar-refractivity contribution in [3.63, 3.8) is 0 Å². The van der Waals surface area contributed by atoms with Gasteiger partial charge in [-0.2, -0.15) is 0 Å². The number of allylic oxidation sites excluding steroid dienone is 1. The zero-order valence-electron chi connectivity index (χ0n) is 20.4. The molecular weight excluding hydrogens is 458 g/mol. The molecule has 36 heavy (non-hydrogen) atoms. The van der Waals surface area contributed by atoms with Gasteiger partial charge < -0.3 is 24.5 Å². The number of aromatic nitrogens is 1. The number of ether oxygens (including phenoxy) is 2. The summed E-state index contributed by atoms with van der Waals surface area (Å²) in [5, 5.41) is 11.6. The van der Waals surface area contributed by atoms with Crippen LogP contribution < -0.4 is 0 Å². The lowest BCUT2D eigenvalue weighted by Gasteiger charge is -2.29. The molecule has 2 aliphatic heterocycles. The average molecular weight is 488 g/mol. The van der Waals surface area contributed by atoms with E-state index in [1.165, 1.54) is 6.92 Å². The summed E-state index contributed by atoms with van der Waals surface area (Å²) in [6.45, 7) is 4.33. The Bertz CT molecular complexity index is 1350. The van der Waals surface area contributed by atoms with Crippen LogP contribution in [0.2, 0.25) is 0 Å². The van der Waals surface area contributed by atoms with Gasteiger partial charge in [-0.05, 0) is 43.5 Å². The third-order valence-corrected chi connectivity index (χ3v) is 6.71. The van der Waals surface area contributed by atoms with Gasteiger partial charge >= 0.3 is 0 Å². The summed E-state index contributed by atoms with van der Waals surface area (Å²) in [6, 6.07) is 15.1. The number of carbonyl (C=O) groups excluding carboxylic acids is 2. The number of H-pyrrole nitrogens is 1. The molecule has 1 amide bonds. The van der Waals surface area contributed by atoms with E-state index in [1.54, 1.807) is 31.4 Å². The van der Waals surface area contributed by atoms with Crippen LogP contribution >= 0.6 is 0 Å². The Balaban J connectivity index is 1.50. The highest BCUT2D eigenvalue weighted by molar-refractivity contribution is 6.20. The summed E-state index contributed by atoms with van der Waals surface area (Å²) in [7, 11) is 0. The standard InChI is InChI=1S/C28H29N3O5/c1-17(32)20-8-9-23-22(15-20)26(28(34)30-23)27(29-21-10-12-31(13-11-21)18(2)33)24-16-35-25(36-24)14-19-6-4-3-5-7-19/h3-9,15-16,21,25,30,34H,10-14H2,1-2H3. The Hall–Kier alpha value is -4.07. The molecule has 1 aromatic heterocycles. The molecule has 0 radical (unpaired) electrons. The first-order valence-electron chi connectivity index (χ1n) is 12.1. The quantitative estimate of drug-likeness (QED) is 0.398. The molecule has 2 N–H and O–H groups in total. The molecule has 1 atom stereocenters. The summed E-state index contributed by atoms with van der Waals surface area (Å²) in [5.41, 5.74) is 3.24. The maximum absolute atomic E-state index is 12.1. The highest BCUT2D eigenvalue weighted by Crippen LogP contribution is 2.34. The number of amides is 1. The van der Waals surface area contributed by atoms with Crippen molar-refractivity contribution in [1.29, 1.82) is 0 Å². The first-order chi connectivity index (χ1) is 17.4. The summed E-state index contributed by atoms with van der Waals surface area (Å²) in [6.07, 6.45) is 2.98. The van der Waals surface area contributed by atoms with Crippen LogP contribution in [0.3, 0.4) is 0 Å². The molecular formula is C28H29N3O5. The molecule has 0 aliphatic carbocycles. The highest BCUT2D eigenvalue weighted by Gasteiger charge is 2.30. The lowest BCUT2D eigenvalue weighted by Crippen LogP contribution is -2.38. The minimum Gasteiger partial charge on any atom is -0.494 e. The van der Waals surface area contributed by atoms with E-state index in [4.69, 9.17) is 14.5 Å². The maximum atomic E-state index is 12.1. The van der Waals surface area contributed by atoms with Crippen LogP contribution in [0.25, 0.3) is 10.9 Å². The molecule has 8 heteroatoms. The van der Waals surface area contributed by atoms with Crippen LogP contribution in [0.4, 0.5) is 0 Å². The summed E-state index contributed by atoms with van der Waals surface area (Å²) < 4.78 is 12.0. The molecule has 186 valence electrons. The van der Waals surface area contributed by atoms with Crippen LogP contribution in [-0.2, 0) is 20.7 Å². The van der Waals surface area contributed by atoms with Crippen LogP contribution in [-0.4, -0.2) is 57.8 Å². The number of likely N-dealkylation sites (tertiary alicyclic amines) is 1. The predicted molar refractivity (Wildman–Crippen MR) is 136 cm³/mol. The van der Waals surface area contributed by atoms with Gasteiger partial charge in [-0.3, -0.25) is 14.6 Å². The van der Waals surface area contributed by atoms with Gasteiger partial charge in [0.2, 0.25) is 12.2 Å². The van der Waals surface area contributed by atoms with Gasteiger partial charge in [0.05, 0.1) is 11.6 Å². The molecule has 1 fully saturated rings. The number of Topliss-reactive ketones (excluding diaryl/α,β-unsaturated/α-hetero) is 1. The molecule has 1 unspecified atom stereocenters. The third-order valence-electron chi connectivity index (χ3n) is 6.71. The zero-order valence-corrected chi connectivity index (χ0v) is 20.4. The number of rotatable bonds is 6. The van der Waals surface area contributed by atoms with E-state index in [-0.39, 0.29) is 23.6 Å². The SMILES string of the molecule is CC(=O)c1ccc2[nH]c(O)c(C(=NC3CCN(C(C)=O)CC3)C3=COC(Cc4ccccc4)O3)c2c1. The van der Waals surface area contributed by atoms with Crippen LogP contribution in [0.1, 0.15) is 48.2 Å². The highest BCUT2D eigenvalue weighted by atomic mass is 16.7. The molecule has 0 saturated carbocycles. The van der Waals surface area contributed by atoms with Crippen molar-refractivity contribution in [1.82, 2.24) is 9.88 Å². The van der Waals surface area contributed by atoms with E-state index < -0.39 is 6.29 Å². The van der Waals surface area contributed by atoms with E-state index in [0.717, 1.165) is 5.56 Å². The molecule has 3 heterocycles. The molecule has 3 aromatic rings. The average Bonchev–Trinajstić information content (AvgIpc) is 3.46. The van der Waals surface area contributed by atoms with Gasteiger partial charge in [-0.25, -0.2) is 0 Å². The topological polar surface area (TPSA) is 104 Å². The maximum Gasteiger partial charge on any atom is 0.244 e. The van der Waals surface area contributed by atoms with Gasteiger partial charge in [-0.1, -0.05) is 30.3 Å². The molecule has 0 bridgehead atoms. The Labute approximate surface area is 209 Å². The van der Waals surface area contributed by atoms with Gasteiger partial charge in [0, 0.05) is 42.9 Å². The smallest absolute Gasteiger partial charge is 0.244 e. The minimum absolute atomic E-state index is 0.0540. The number of hydrogen-bond acceptors (Lipinski definition) is 6. The second kappa shape index (κ2) is 9.89. The number of hydrogen-bond donors (Lipinski definition) is 2. The fourth-order valence-electron chi connectivity index (χ4n) is 4.72. The lowest BCUT2D eigenvalue weighted by molar-refractivity contribution is -0.129. The number of aromatic amines is 1. The number of fused-ring (bicyclic) bond motifs is 1. The Kier molecular flexibility index (Phi) is 6.50. The predicted octanol–water partition coefficient (Wildman–Crippen LogP) is 4.33. The normalized spacial score (nSPS) is 18.6. The zero-order chi connectivity index (χ0) is 25.2. The second-order valence-electron chi connectivity index (χ2n) is 9.24. The Morgan fingerprint density at radius 3 is 2.56 bits per heavy atom. The number of piperidine rings is 1. The van der Waals surface area contributed by atoms with Crippen LogP contribution in [0.15, 0.2) is 65.5 Å². The number of nitrogens with zero attached hydrogens (tertiary/aromatic N) is 2. The largest absolute Gasteiger partial charge is 0.494 e. The number of ketones is 1. The summed E-state index contributed by atoms with van der Waals surface area (Å²) in [4.78, 5) is 33.7. The van der Waals surface area contributed by atoms with E-state index >= 15 is 0 Å². The van der Waals surface area contributed by atoms with E-state index in [2.05, 4.69) is 4.98 Å². The van der Waals surface area contributed by atoms with Gasteiger partial charge in [0.25, 0.3) is 0 Å². The van der Waals surface area contributed by atoms with E-state index in [1.807, 2.05) is 35.2 Å². The van der Waals surface area contributed by atoms with Crippen LogP contribution in [0, 0.1) is 0 Å². The van der Waals surface area contributed by atoms with Gasteiger partial charge in [0.15, 0.2) is 17.4 Å². The first-order valence-corrected chi connectivity index (χ1v) is 12.1. The van der Waals surface area contributed by atoms with Crippen molar-refractivity contribution in [2.45, 2.75) is 45.4 Å². The van der Waals surface area contributed by atoms with E-state index in [9.17, 15) is 14.7 Å². The number of aliphatic imine (C=N–C) groups is 1. The number of aromatic hydroxyl groups is 1. The molecule has 8 nitrogen and oxygen atoms in total. The number of carbonyl (C=O) groups is 2. The van der Waals surface area contributed by atoms with Gasteiger partial charge in [0.1, 0.15) is 12.0 Å². The van der Waals surface area contributed by atoms with Crippen molar-refractivity contribution >= 4 is 28.3 Å². The van der Waals surface area contributed by atoms with Crippen molar-refractivity contribution < 1.29 is 24.2 Å². The second-order valence-corrected chi connectivity index (χ2v) is 9.24. The monoisotopic (exact) mass is 487 g/mol. The molecule has 0 spiro atoms.